The monoisotopic (exact) mass is 412 g/mol. The molecule has 6 heteroatoms. The number of benzene rings is 1. The molecule has 1 aliphatic rings. The van der Waals surface area contributed by atoms with Gasteiger partial charge in [-0.25, -0.2) is 4.68 Å². The van der Waals surface area contributed by atoms with Crippen LogP contribution < -0.4 is 10.9 Å². The summed E-state index contributed by atoms with van der Waals surface area (Å²) in [5, 5.41) is 9.55. The second-order valence-electron chi connectivity index (χ2n) is 9.99. The molecule has 0 saturated carbocycles. The number of nitrogens with one attached hydrogen (secondary N) is 1. The van der Waals surface area contributed by atoms with Crippen LogP contribution in [0.1, 0.15) is 66.0 Å². The first kappa shape index (κ1) is 22.5. The van der Waals surface area contributed by atoms with Crippen LogP contribution in [-0.2, 0) is 18.3 Å². The van der Waals surface area contributed by atoms with Gasteiger partial charge in [0, 0.05) is 36.1 Å². The largest absolute Gasteiger partial charge is 0.339 e. The van der Waals surface area contributed by atoms with Crippen LogP contribution in [0.2, 0.25) is 0 Å². The number of rotatable bonds is 6. The van der Waals surface area contributed by atoms with Gasteiger partial charge in [-0.05, 0) is 53.0 Å². The third-order valence-corrected chi connectivity index (χ3v) is 6.03. The van der Waals surface area contributed by atoms with E-state index in [0.29, 0.717) is 11.1 Å². The zero-order valence-electron chi connectivity index (χ0n) is 19.3. The van der Waals surface area contributed by atoms with E-state index in [1.54, 1.807) is 13.1 Å². The number of piperidine rings is 1. The van der Waals surface area contributed by atoms with Crippen molar-refractivity contribution in [3.8, 4) is 0 Å². The maximum Gasteiger partial charge on any atom is 0.274 e. The molecule has 1 saturated heterocycles. The summed E-state index contributed by atoms with van der Waals surface area (Å²) in [5.74, 6) is 0.0956. The van der Waals surface area contributed by atoms with Crippen molar-refractivity contribution in [3.05, 3.63) is 40.3 Å². The van der Waals surface area contributed by atoms with Crippen LogP contribution in [0.4, 0.5) is 0 Å². The highest BCUT2D eigenvalue weighted by atomic mass is 16.2. The zero-order valence-corrected chi connectivity index (χ0v) is 19.3. The Morgan fingerprint density at radius 3 is 2.37 bits per heavy atom. The maximum atomic E-state index is 13.6. The molecule has 30 heavy (non-hydrogen) atoms. The summed E-state index contributed by atoms with van der Waals surface area (Å²) in [4.78, 5) is 28.1. The van der Waals surface area contributed by atoms with Crippen LogP contribution in [0.15, 0.2) is 29.1 Å². The van der Waals surface area contributed by atoms with Crippen molar-refractivity contribution in [2.45, 2.75) is 83.8 Å². The van der Waals surface area contributed by atoms with Gasteiger partial charge in [0.05, 0.1) is 17.5 Å². The molecule has 2 aromatic rings. The Bertz CT molecular complexity index is 961. The summed E-state index contributed by atoms with van der Waals surface area (Å²) in [6.45, 7) is 11.8. The lowest BCUT2D eigenvalue weighted by atomic mass is 9.79. The number of fused-ring (bicyclic) bond motifs is 1. The fraction of sp³-hybridized carbons (Fsp3) is 0.625. The summed E-state index contributed by atoms with van der Waals surface area (Å²) in [6.07, 6.45) is 4.09. The molecule has 0 unspecified atom stereocenters. The third kappa shape index (κ3) is 4.91. The molecule has 0 spiro atoms. The molecule has 3 rings (SSSR count). The average Bonchev–Trinajstić information content (AvgIpc) is 2.64. The van der Waals surface area contributed by atoms with Crippen LogP contribution in [0.3, 0.4) is 0 Å². The van der Waals surface area contributed by atoms with Crippen molar-refractivity contribution in [1.29, 1.82) is 0 Å². The van der Waals surface area contributed by atoms with Gasteiger partial charge in [0.2, 0.25) is 5.91 Å². The topological polar surface area (TPSA) is 67.2 Å². The van der Waals surface area contributed by atoms with Gasteiger partial charge in [0.15, 0.2) is 0 Å². The van der Waals surface area contributed by atoms with Gasteiger partial charge in [-0.1, -0.05) is 31.5 Å². The molecule has 1 amide bonds. The Labute approximate surface area is 179 Å². The van der Waals surface area contributed by atoms with Gasteiger partial charge in [-0.15, -0.1) is 0 Å². The Kier molecular flexibility index (Phi) is 6.37. The molecular formula is C24H36N4O2. The minimum Gasteiger partial charge on any atom is -0.339 e. The van der Waals surface area contributed by atoms with E-state index in [2.05, 4.69) is 49.9 Å². The zero-order chi connectivity index (χ0) is 22.1. The molecule has 0 atom stereocenters. The molecule has 1 aliphatic heterocycles. The van der Waals surface area contributed by atoms with Gasteiger partial charge in [-0.3, -0.25) is 9.59 Å². The Balaban J connectivity index is 1.93. The summed E-state index contributed by atoms with van der Waals surface area (Å²) in [5.41, 5.74) is 0.482. The first-order chi connectivity index (χ1) is 14.0. The molecule has 1 aromatic carbocycles. The lowest BCUT2D eigenvalue weighted by Crippen LogP contribution is -2.63. The van der Waals surface area contributed by atoms with Crippen LogP contribution in [0.5, 0.6) is 0 Å². The maximum absolute atomic E-state index is 13.6. The van der Waals surface area contributed by atoms with E-state index in [1.807, 2.05) is 18.2 Å². The van der Waals surface area contributed by atoms with Crippen molar-refractivity contribution in [3.63, 3.8) is 0 Å². The van der Waals surface area contributed by atoms with Gasteiger partial charge in [0.25, 0.3) is 5.56 Å². The van der Waals surface area contributed by atoms with E-state index in [1.165, 1.54) is 4.68 Å². The third-order valence-electron chi connectivity index (χ3n) is 6.03. The van der Waals surface area contributed by atoms with E-state index in [9.17, 15) is 9.59 Å². The highest BCUT2D eigenvalue weighted by Crippen LogP contribution is 2.32. The van der Waals surface area contributed by atoms with Crippen LogP contribution >= 0.6 is 0 Å². The van der Waals surface area contributed by atoms with E-state index in [4.69, 9.17) is 0 Å². The number of nitrogens with zero attached hydrogens (tertiary/aromatic N) is 3. The van der Waals surface area contributed by atoms with Crippen molar-refractivity contribution in [2.75, 3.05) is 6.54 Å². The average molecular weight is 413 g/mol. The molecule has 0 radical (unpaired) electrons. The number of aryl methyl sites for hydroxylation is 1. The summed E-state index contributed by atoms with van der Waals surface area (Å²) in [6, 6.07) is 7.63. The summed E-state index contributed by atoms with van der Waals surface area (Å²) < 4.78 is 1.35. The fourth-order valence-corrected chi connectivity index (χ4v) is 5.08. The summed E-state index contributed by atoms with van der Waals surface area (Å²) in [7, 11) is 1.65. The lowest BCUT2D eigenvalue weighted by Gasteiger charge is -2.49. The molecule has 164 valence electrons. The smallest absolute Gasteiger partial charge is 0.274 e. The van der Waals surface area contributed by atoms with Crippen LogP contribution in [0, 0.1) is 0 Å². The minimum absolute atomic E-state index is 0.0290. The van der Waals surface area contributed by atoms with Crippen molar-refractivity contribution in [1.82, 2.24) is 20.0 Å². The number of carbonyl (C=O) groups is 1. The Hall–Kier alpha value is -2.21. The predicted molar refractivity (Wildman–Crippen MR) is 122 cm³/mol. The number of amides is 1. The van der Waals surface area contributed by atoms with Crippen molar-refractivity contribution in [2.24, 2.45) is 7.05 Å². The molecule has 6 nitrogen and oxygen atoms in total. The lowest BCUT2D eigenvalue weighted by molar-refractivity contribution is -0.134. The number of carbonyl (C=O) groups excluding carboxylic acids is 1. The van der Waals surface area contributed by atoms with Gasteiger partial charge in [-0.2, -0.15) is 5.10 Å². The number of aromatic nitrogens is 2. The van der Waals surface area contributed by atoms with Gasteiger partial charge >= 0.3 is 0 Å². The standard InChI is InChI=1S/C24H36N4O2/c1-7-8-13-28(17-15-23(2,3)26-24(4,5)16-17)21(29)14-20-18-11-9-10-12-19(18)22(30)27(6)25-20/h9-12,17,26H,7-8,13-16H2,1-6H3. The van der Waals surface area contributed by atoms with E-state index in [-0.39, 0.29) is 35.0 Å². The fourth-order valence-electron chi connectivity index (χ4n) is 5.08. The molecule has 1 aromatic heterocycles. The van der Waals surface area contributed by atoms with Crippen LogP contribution in [-0.4, -0.2) is 44.3 Å². The van der Waals surface area contributed by atoms with E-state index in [0.717, 1.165) is 37.6 Å². The highest BCUT2D eigenvalue weighted by Gasteiger charge is 2.41. The minimum atomic E-state index is -0.133. The van der Waals surface area contributed by atoms with Crippen LogP contribution in [0.25, 0.3) is 10.8 Å². The second-order valence-corrected chi connectivity index (χ2v) is 9.99. The van der Waals surface area contributed by atoms with Gasteiger partial charge in [0.1, 0.15) is 0 Å². The normalized spacial score (nSPS) is 18.5. The Morgan fingerprint density at radius 2 is 1.77 bits per heavy atom. The quantitative estimate of drug-likeness (QED) is 0.790. The molecule has 1 fully saturated rings. The van der Waals surface area contributed by atoms with Gasteiger partial charge < -0.3 is 10.2 Å². The predicted octanol–water partition coefficient (Wildman–Crippen LogP) is 3.41. The SMILES string of the molecule is CCCCN(C(=O)Cc1nn(C)c(=O)c2ccccc12)C1CC(C)(C)NC(C)(C)C1. The second kappa shape index (κ2) is 8.50. The highest BCUT2D eigenvalue weighted by molar-refractivity contribution is 5.88. The number of hydrogen-bond acceptors (Lipinski definition) is 4. The first-order valence-corrected chi connectivity index (χ1v) is 11.1. The molecule has 1 N–H and O–H groups in total. The first-order valence-electron chi connectivity index (χ1n) is 11.1. The van der Waals surface area contributed by atoms with E-state index >= 15 is 0 Å². The van der Waals surface area contributed by atoms with E-state index < -0.39 is 0 Å². The number of unbranched alkanes of at least 4 members (excludes halogenated alkanes) is 1. The van der Waals surface area contributed by atoms with Crippen molar-refractivity contribution >= 4 is 16.7 Å². The Morgan fingerprint density at radius 1 is 1.17 bits per heavy atom. The molecule has 0 aliphatic carbocycles. The summed E-state index contributed by atoms with van der Waals surface area (Å²) >= 11 is 0. The molecule has 2 heterocycles. The number of hydrogen-bond donors (Lipinski definition) is 1. The van der Waals surface area contributed by atoms with Crippen molar-refractivity contribution < 1.29 is 4.79 Å². The molecule has 0 bridgehead atoms. The molecular weight excluding hydrogens is 376 g/mol.